The van der Waals surface area contributed by atoms with Crippen LogP contribution in [0.25, 0.3) is 0 Å². The Morgan fingerprint density at radius 3 is 2.36 bits per heavy atom. The van der Waals surface area contributed by atoms with Crippen LogP contribution in [0.3, 0.4) is 0 Å². The average molecular weight is 194 g/mol. The third kappa shape index (κ3) is 9.32. The summed E-state index contributed by atoms with van der Waals surface area (Å²) < 4.78 is 0. The smallest absolute Gasteiger partial charge is 0.132 e. The van der Waals surface area contributed by atoms with E-state index in [4.69, 9.17) is 6.42 Å². The number of hydrogen-bond donors (Lipinski definition) is 0. The van der Waals surface area contributed by atoms with Crippen molar-refractivity contribution in [1.29, 1.82) is 0 Å². The lowest BCUT2D eigenvalue weighted by atomic mass is 10.1. The second kappa shape index (κ2) is 10.3. The van der Waals surface area contributed by atoms with Gasteiger partial charge >= 0.3 is 0 Å². The first-order chi connectivity index (χ1) is 6.81. The Morgan fingerprint density at radius 2 is 1.71 bits per heavy atom. The van der Waals surface area contributed by atoms with Crippen LogP contribution < -0.4 is 0 Å². The lowest BCUT2D eigenvalue weighted by Crippen LogP contribution is -1.96. The van der Waals surface area contributed by atoms with Crippen molar-refractivity contribution in [2.24, 2.45) is 0 Å². The molecule has 0 N–H and O–H groups in total. The molecule has 0 saturated heterocycles. The highest BCUT2D eigenvalue weighted by molar-refractivity contribution is 5.78. The number of carbonyl (C=O) groups excluding carboxylic acids is 1. The molecule has 0 amide bonds. The Labute approximate surface area is 88.3 Å². The van der Waals surface area contributed by atoms with Crippen molar-refractivity contribution in [2.75, 3.05) is 0 Å². The van der Waals surface area contributed by atoms with Crippen LogP contribution in [-0.4, -0.2) is 5.78 Å². The normalized spacial score (nSPS) is 9.71. The van der Waals surface area contributed by atoms with E-state index < -0.39 is 0 Å². The average Bonchev–Trinajstić information content (AvgIpc) is 2.20. The van der Waals surface area contributed by atoms with E-state index in [2.05, 4.69) is 12.8 Å². The molecule has 0 rings (SSSR count). The molecule has 0 fully saturated rings. The molecule has 0 unspecified atom stereocenters. The summed E-state index contributed by atoms with van der Waals surface area (Å²) in [6, 6.07) is 0. The van der Waals surface area contributed by atoms with Crippen LogP contribution in [0.1, 0.15) is 64.7 Å². The highest BCUT2D eigenvalue weighted by atomic mass is 16.1. The summed E-state index contributed by atoms with van der Waals surface area (Å²) in [5.74, 6) is 3.06. The molecule has 0 aliphatic heterocycles. The van der Waals surface area contributed by atoms with E-state index >= 15 is 0 Å². The SMILES string of the molecule is C#CCCCCCCC(=O)CCCC. The highest BCUT2D eigenvalue weighted by Gasteiger charge is 2.00. The zero-order valence-electron chi connectivity index (χ0n) is 9.35. The molecule has 1 heteroatoms. The van der Waals surface area contributed by atoms with Gasteiger partial charge in [0, 0.05) is 19.3 Å². The summed E-state index contributed by atoms with van der Waals surface area (Å²) >= 11 is 0. The van der Waals surface area contributed by atoms with Gasteiger partial charge < -0.3 is 0 Å². The Kier molecular flexibility index (Phi) is 9.74. The standard InChI is InChI=1S/C13H22O/c1-3-5-7-8-9-10-12-13(14)11-6-4-2/h1H,4-12H2,2H3. The summed E-state index contributed by atoms with van der Waals surface area (Å²) in [5.41, 5.74) is 0. The maximum absolute atomic E-state index is 11.3. The molecule has 0 aromatic carbocycles. The van der Waals surface area contributed by atoms with Gasteiger partial charge in [-0.3, -0.25) is 4.79 Å². The van der Waals surface area contributed by atoms with Gasteiger partial charge in [0.25, 0.3) is 0 Å². The van der Waals surface area contributed by atoms with Crippen molar-refractivity contribution >= 4 is 5.78 Å². The van der Waals surface area contributed by atoms with Gasteiger partial charge in [0.15, 0.2) is 0 Å². The maximum Gasteiger partial charge on any atom is 0.132 e. The fraction of sp³-hybridized carbons (Fsp3) is 0.769. The number of carbonyl (C=O) groups is 1. The minimum atomic E-state index is 0.434. The van der Waals surface area contributed by atoms with Gasteiger partial charge in [-0.15, -0.1) is 12.3 Å². The van der Waals surface area contributed by atoms with Gasteiger partial charge in [-0.1, -0.05) is 26.2 Å². The van der Waals surface area contributed by atoms with Crippen molar-refractivity contribution in [3.63, 3.8) is 0 Å². The Morgan fingerprint density at radius 1 is 1.07 bits per heavy atom. The molecule has 0 bridgehead atoms. The molecule has 0 aromatic rings. The predicted octanol–water partition coefficient (Wildman–Crippen LogP) is 3.72. The van der Waals surface area contributed by atoms with Gasteiger partial charge in [-0.2, -0.15) is 0 Å². The zero-order valence-corrected chi connectivity index (χ0v) is 9.35. The van der Waals surface area contributed by atoms with Crippen LogP contribution in [0.2, 0.25) is 0 Å². The van der Waals surface area contributed by atoms with Crippen molar-refractivity contribution < 1.29 is 4.79 Å². The van der Waals surface area contributed by atoms with Crippen LogP contribution in [0.5, 0.6) is 0 Å². The second-order valence-corrected chi connectivity index (χ2v) is 3.76. The molecule has 0 aromatic heterocycles. The molecule has 80 valence electrons. The molecule has 0 saturated carbocycles. The number of ketones is 1. The topological polar surface area (TPSA) is 17.1 Å². The van der Waals surface area contributed by atoms with Crippen molar-refractivity contribution in [3.8, 4) is 12.3 Å². The van der Waals surface area contributed by atoms with E-state index in [0.29, 0.717) is 5.78 Å². The fourth-order valence-electron chi connectivity index (χ4n) is 1.40. The molecule has 0 aliphatic rings. The van der Waals surface area contributed by atoms with Gasteiger partial charge in [-0.25, -0.2) is 0 Å². The van der Waals surface area contributed by atoms with E-state index in [1.165, 1.54) is 6.42 Å². The first-order valence-electron chi connectivity index (χ1n) is 5.76. The minimum absolute atomic E-state index is 0.434. The number of terminal acetylenes is 1. The highest BCUT2D eigenvalue weighted by Crippen LogP contribution is 2.07. The Hall–Kier alpha value is -0.770. The molecule has 1 nitrogen and oxygen atoms in total. The molecule has 0 atom stereocenters. The summed E-state index contributed by atoms with van der Waals surface area (Å²) in [5, 5.41) is 0. The van der Waals surface area contributed by atoms with E-state index in [1.54, 1.807) is 0 Å². The van der Waals surface area contributed by atoms with Crippen LogP contribution in [-0.2, 0) is 4.79 Å². The monoisotopic (exact) mass is 194 g/mol. The van der Waals surface area contributed by atoms with Crippen LogP contribution in [0.15, 0.2) is 0 Å². The number of unbranched alkanes of at least 4 members (excludes halogenated alkanes) is 5. The number of Topliss-reactive ketones (excluding diaryl/α,β-unsaturated/α-hetero) is 1. The van der Waals surface area contributed by atoms with Crippen LogP contribution in [0.4, 0.5) is 0 Å². The number of hydrogen-bond acceptors (Lipinski definition) is 1. The largest absolute Gasteiger partial charge is 0.300 e. The van der Waals surface area contributed by atoms with E-state index in [0.717, 1.165) is 51.4 Å². The van der Waals surface area contributed by atoms with Gasteiger partial charge in [0.2, 0.25) is 0 Å². The summed E-state index contributed by atoms with van der Waals surface area (Å²) in [6.45, 7) is 2.12. The minimum Gasteiger partial charge on any atom is -0.300 e. The van der Waals surface area contributed by atoms with Crippen molar-refractivity contribution in [1.82, 2.24) is 0 Å². The molecule has 0 heterocycles. The lowest BCUT2D eigenvalue weighted by molar-refractivity contribution is -0.119. The fourth-order valence-corrected chi connectivity index (χ4v) is 1.40. The molecule has 0 radical (unpaired) electrons. The zero-order chi connectivity index (χ0) is 10.6. The van der Waals surface area contributed by atoms with Crippen molar-refractivity contribution in [3.05, 3.63) is 0 Å². The quantitative estimate of drug-likeness (QED) is 0.404. The third-order valence-corrected chi connectivity index (χ3v) is 2.34. The van der Waals surface area contributed by atoms with Crippen LogP contribution >= 0.6 is 0 Å². The molecular weight excluding hydrogens is 172 g/mol. The second-order valence-electron chi connectivity index (χ2n) is 3.76. The maximum atomic E-state index is 11.3. The third-order valence-electron chi connectivity index (χ3n) is 2.34. The van der Waals surface area contributed by atoms with Gasteiger partial charge in [-0.05, 0) is 19.3 Å². The summed E-state index contributed by atoms with van der Waals surface area (Å²) in [6.07, 6.45) is 14.2. The van der Waals surface area contributed by atoms with E-state index in [9.17, 15) is 4.79 Å². The first-order valence-corrected chi connectivity index (χ1v) is 5.76. The molecular formula is C13H22O. The van der Waals surface area contributed by atoms with Crippen LogP contribution in [0, 0.1) is 12.3 Å². The lowest BCUT2D eigenvalue weighted by Gasteiger charge is -1.99. The molecule has 0 spiro atoms. The molecule has 14 heavy (non-hydrogen) atoms. The van der Waals surface area contributed by atoms with Gasteiger partial charge in [0.05, 0.1) is 0 Å². The first kappa shape index (κ1) is 13.2. The van der Waals surface area contributed by atoms with E-state index in [1.807, 2.05) is 0 Å². The summed E-state index contributed by atoms with van der Waals surface area (Å²) in [4.78, 5) is 11.3. The van der Waals surface area contributed by atoms with Crippen molar-refractivity contribution in [2.45, 2.75) is 64.7 Å². The van der Waals surface area contributed by atoms with Gasteiger partial charge in [0.1, 0.15) is 5.78 Å². The Balaban J connectivity index is 3.11. The predicted molar refractivity (Wildman–Crippen MR) is 61.1 cm³/mol. The molecule has 0 aliphatic carbocycles. The number of rotatable bonds is 9. The summed E-state index contributed by atoms with van der Waals surface area (Å²) in [7, 11) is 0. The van der Waals surface area contributed by atoms with E-state index in [-0.39, 0.29) is 0 Å². The Bertz CT molecular complexity index is 176.